The zero-order valence-corrected chi connectivity index (χ0v) is 13.2. The van der Waals surface area contributed by atoms with Gasteiger partial charge >= 0.3 is 0 Å². The van der Waals surface area contributed by atoms with E-state index in [1.807, 2.05) is 12.3 Å². The Morgan fingerprint density at radius 3 is 2.95 bits per heavy atom. The van der Waals surface area contributed by atoms with Crippen LogP contribution in [0, 0.1) is 5.92 Å². The Hall–Kier alpha value is -0.320. The number of nitrogens with one attached hydrogen (secondary N) is 2. The highest BCUT2D eigenvalue weighted by atomic mass is 79.9. The fraction of sp³-hybridized carbons (Fsp3) is 0.643. The van der Waals surface area contributed by atoms with Crippen molar-refractivity contribution in [3.8, 4) is 0 Å². The maximum atomic E-state index is 5.93. The largest absolute Gasteiger partial charge is 0.381 e. The third-order valence-corrected chi connectivity index (χ3v) is 5.47. The van der Waals surface area contributed by atoms with Gasteiger partial charge in [-0.15, -0.1) is 0 Å². The highest BCUT2D eigenvalue weighted by molar-refractivity contribution is 9.10. The summed E-state index contributed by atoms with van der Waals surface area (Å²) in [5, 5.41) is 7.81. The Morgan fingerprint density at radius 2 is 2.21 bits per heavy atom. The molecule has 2 heterocycles. The van der Waals surface area contributed by atoms with Gasteiger partial charge in [0.25, 0.3) is 0 Å². The Balaban J connectivity index is 1.69. The summed E-state index contributed by atoms with van der Waals surface area (Å²) >= 11 is 9.36. The van der Waals surface area contributed by atoms with Gasteiger partial charge < -0.3 is 10.6 Å². The van der Waals surface area contributed by atoms with Crippen LogP contribution in [-0.2, 0) is 0 Å². The van der Waals surface area contributed by atoms with Crippen molar-refractivity contribution in [2.24, 2.45) is 5.92 Å². The van der Waals surface area contributed by atoms with E-state index in [1.54, 1.807) is 0 Å². The second-order valence-corrected chi connectivity index (χ2v) is 6.76. The summed E-state index contributed by atoms with van der Waals surface area (Å²) in [4.78, 5) is 4.18. The van der Waals surface area contributed by atoms with Crippen LogP contribution in [0.5, 0.6) is 0 Å². The zero-order chi connectivity index (χ0) is 13.2. The molecular weight excluding hydrogens is 326 g/mol. The molecule has 3 unspecified atom stereocenters. The summed E-state index contributed by atoms with van der Waals surface area (Å²) in [6.07, 6.45) is 8.38. The molecule has 104 valence electrons. The monoisotopic (exact) mass is 343 g/mol. The minimum atomic E-state index is 0.519. The van der Waals surface area contributed by atoms with Gasteiger partial charge in [0, 0.05) is 12.1 Å². The highest BCUT2D eigenvalue weighted by Crippen LogP contribution is 2.34. The Bertz CT molecular complexity index is 448. The van der Waals surface area contributed by atoms with Gasteiger partial charge in [-0.3, -0.25) is 0 Å². The van der Waals surface area contributed by atoms with Crippen LogP contribution in [0.2, 0.25) is 5.15 Å². The van der Waals surface area contributed by atoms with Gasteiger partial charge in [-0.25, -0.2) is 4.98 Å². The molecule has 3 rings (SSSR count). The van der Waals surface area contributed by atoms with Gasteiger partial charge in [0.05, 0.1) is 16.4 Å². The van der Waals surface area contributed by atoms with Crippen LogP contribution in [0.15, 0.2) is 16.7 Å². The Morgan fingerprint density at radius 1 is 1.32 bits per heavy atom. The molecule has 1 aliphatic carbocycles. The first kappa shape index (κ1) is 13.7. The van der Waals surface area contributed by atoms with Crippen LogP contribution >= 0.6 is 27.5 Å². The lowest BCUT2D eigenvalue weighted by atomic mass is 9.93. The van der Waals surface area contributed by atoms with Crippen LogP contribution in [0.1, 0.15) is 32.1 Å². The average molecular weight is 345 g/mol. The van der Waals surface area contributed by atoms with E-state index in [0.717, 1.165) is 16.1 Å². The molecular formula is C14H19BrClN3. The molecule has 2 fully saturated rings. The van der Waals surface area contributed by atoms with Crippen LogP contribution in [0.25, 0.3) is 0 Å². The topological polar surface area (TPSA) is 37.0 Å². The number of nitrogens with zero attached hydrogens (tertiary/aromatic N) is 1. The number of halogens is 2. The zero-order valence-electron chi connectivity index (χ0n) is 10.8. The van der Waals surface area contributed by atoms with Crippen LogP contribution in [-0.4, -0.2) is 23.6 Å². The third-order valence-electron chi connectivity index (χ3n) is 4.33. The van der Waals surface area contributed by atoms with E-state index in [-0.39, 0.29) is 0 Å². The molecule has 5 heteroatoms. The summed E-state index contributed by atoms with van der Waals surface area (Å²) in [6.45, 7) is 1.18. The van der Waals surface area contributed by atoms with Crippen LogP contribution in [0.3, 0.4) is 0 Å². The van der Waals surface area contributed by atoms with E-state index in [4.69, 9.17) is 11.6 Å². The molecule has 1 aliphatic heterocycles. The van der Waals surface area contributed by atoms with Crippen molar-refractivity contribution < 1.29 is 0 Å². The predicted molar refractivity (Wildman–Crippen MR) is 82.7 cm³/mol. The van der Waals surface area contributed by atoms with Gasteiger partial charge in [0.2, 0.25) is 0 Å². The lowest BCUT2D eigenvalue weighted by molar-refractivity contribution is 0.376. The number of anilines is 1. The summed E-state index contributed by atoms with van der Waals surface area (Å²) in [5.74, 6) is 0.747. The number of pyridine rings is 1. The lowest BCUT2D eigenvalue weighted by Gasteiger charge is -2.27. The number of hydrogen-bond acceptors (Lipinski definition) is 3. The summed E-state index contributed by atoms with van der Waals surface area (Å²) in [5.41, 5.74) is 1.06. The molecule has 19 heavy (non-hydrogen) atoms. The smallest absolute Gasteiger partial charge is 0.143 e. The molecule has 0 radical (unpaired) electrons. The molecule has 1 saturated heterocycles. The molecule has 0 amide bonds. The first-order chi connectivity index (χ1) is 9.24. The van der Waals surface area contributed by atoms with Crippen molar-refractivity contribution in [2.75, 3.05) is 11.9 Å². The van der Waals surface area contributed by atoms with E-state index in [9.17, 15) is 0 Å². The first-order valence-electron chi connectivity index (χ1n) is 7.05. The molecule has 1 aromatic rings. The van der Waals surface area contributed by atoms with Crippen LogP contribution < -0.4 is 10.6 Å². The summed E-state index contributed by atoms with van der Waals surface area (Å²) in [7, 11) is 0. The minimum Gasteiger partial charge on any atom is -0.381 e. The lowest BCUT2D eigenvalue weighted by Crippen LogP contribution is -2.38. The van der Waals surface area contributed by atoms with E-state index >= 15 is 0 Å². The van der Waals surface area contributed by atoms with Gasteiger partial charge in [0.1, 0.15) is 5.15 Å². The van der Waals surface area contributed by atoms with Gasteiger partial charge in [0.15, 0.2) is 0 Å². The van der Waals surface area contributed by atoms with Crippen molar-refractivity contribution in [1.29, 1.82) is 0 Å². The molecule has 2 N–H and O–H groups in total. The third kappa shape index (κ3) is 3.06. The van der Waals surface area contributed by atoms with Gasteiger partial charge in [-0.2, -0.15) is 0 Å². The SMILES string of the molecule is Clc1ncc(NC2CCCC2C2CCCN2)cc1Br. The first-order valence-corrected chi connectivity index (χ1v) is 8.22. The number of aromatic nitrogens is 1. The van der Waals surface area contributed by atoms with E-state index in [2.05, 4.69) is 31.5 Å². The molecule has 3 atom stereocenters. The van der Waals surface area contributed by atoms with Crippen molar-refractivity contribution >= 4 is 33.2 Å². The average Bonchev–Trinajstić information content (AvgIpc) is 3.04. The van der Waals surface area contributed by atoms with Gasteiger partial charge in [-0.05, 0) is 60.1 Å². The van der Waals surface area contributed by atoms with E-state index in [1.165, 1.54) is 38.6 Å². The standard InChI is InChI=1S/C14H19BrClN3/c15-11-7-9(8-18-14(11)16)19-13-4-1-3-10(13)12-5-2-6-17-12/h7-8,10,12-13,17,19H,1-6H2. The maximum Gasteiger partial charge on any atom is 0.143 e. The maximum absolute atomic E-state index is 5.93. The summed E-state index contributed by atoms with van der Waals surface area (Å²) < 4.78 is 0.854. The Labute approximate surface area is 127 Å². The second kappa shape index (κ2) is 5.98. The quantitative estimate of drug-likeness (QED) is 0.818. The van der Waals surface area contributed by atoms with Gasteiger partial charge in [-0.1, -0.05) is 18.0 Å². The predicted octanol–water partition coefficient (Wildman–Crippen LogP) is 3.83. The summed E-state index contributed by atoms with van der Waals surface area (Å²) in [6, 6.07) is 3.28. The fourth-order valence-electron chi connectivity index (χ4n) is 3.44. The van der Waals surface area contributed by atoms with E-state index in [0.29, 0.717) is 17.2 Å². The number of hydrogen-bond donors (Lipinski definition) is 2. The van der Waals surface area contributed by atoms with Crippen LogP contribution in [0.4, 0.5) is 5.69 Å². The van der Waals surface area contributed by atoms with E-state index < -0.39 is 0 Å². The number of rotatable bonds is 3. The normalized spacial score (nSPS) is 30.7. The minimum absolute atomic E-state index is 0.519. The molecule has 0 aromatic carbocycles. The molecule has 0 bridgehead atoms. The van der Waals surface area contributed by atoms with Crippen molar-refractivity contribution in [1.82, 2.24) is 10.3 Å². The highest BCUT2D eigenvalue weighted by Gasteiger charge is 2.34. The second-order valence-electron chi connectivity index (χ2n) is 5.55. The molecule has 0 spiro atoms. The Kier molecular flexibility index (Phi) is 4.30. The van der Waals surface area contributed by atoms with Crippen molar-refractivity contribution in [3.05, 3.63) is 21.9 Å². The van der Waals surface area contributed by atoms with Crippen molar-refractivity contribution in [2.45, 2.75) is 44.2 Å². The molecule has 1 saturated carbocycles. The molecule has 2 aliphatic rings. The molecule has 1 aromatic heterocycles. The molecule has 3 nitrogen and oxygen atoms in total. The van der Waals surface area contributed by atoms with Crippen molar-refractivity contribution in [3.63, 3.8) is 0 Å². The fourth-order valence-corrected chi connectivity index (χ4v) is 3.89.